The molecule has 4 aromatic carbocycles. The Kier molecular flexibility index (Phi) is 12.7. The van der Waals surface area contributed by atoms with Gasteiger partial charge < -0.3 is 19.6 Å². The number of aryl methyl sites for hydroxylation is 2. The van der Waals surface area contributed by atoms with Crippen LogP contribution in [0, 0.1) is 0 Å². The van der Waals surface area contributed by atoms with Gasteiger partial charge in [-0.05, 0) is 91.3 Å². The molecule has 6 heteroatoms. The predicted molar refractivity (Wildman–Crippen MR) is 232 cm³/mol. The van der Waals surface area contributed by atoms with Crippen molar-refractivity contribution in [1.29, 1.82) is 0 Å². The van der Waals surface area contributed by atoms with E-state index >= 15 is 0 Å². The third kappa shape index (κ3) is 9.72. The summed E-state index contributed by atoms with van der Waals surface area (Å²) in [5.74, 6) is 1.91. The van der Waals surface area contributed by atoms with E-state index in [1.165, 1.54) is 77.1 Å². The summed E-state index contributed by atoms with van der Waals surface area (Å²) in [6.07, 6.45) is 20.6. The first kappa shape index (κ1) is 38.1. The van der Waals surface area contributed by atoms with Crippen molar-refractivity contribution in [3.63, 3.8) is 0 Å². The minimum atomic E-state index is 0.429. The van der Waals surface area contributed by atoms with Crippen LogP contribution in [0.15, 0.2) is 134 Å². The van der Waals surface area contributed by atoms with E-state index in [9.17, 15) is 0 Å². The number of aromatic nitrogens is 2. The van der Waals surface area contributed by atoms with Crippen LogP contribution >= 0.6 is 0 Å². The van der Waals surface area contributed by atoms with Crippen molar-refractivity contribution in [1.82, 2.24) is 19.4 Å². The fourth-order valence-corrected chi connectivity index (χ4v) is 7.95. The van der Waals surface area contributed by atoms with E-state index in [2.05, 4.69) is 186 Å². The third-order valence-electron chi connectivity index (χ3n) is 11.1. The maximum absolute atomic E-state index is 5.26. The van der Waals surface area contributed by atoms with Gasteiger partial charge in [-0.2, -0.15) is 0 Å². The molecular formula is C49H60N6. The summed E-state index contributed by atoms with van der Waals surface area (Å²) < 4.78 is 2.39. The molecule has 6 nitrogen and oxygen atoms in total. The second-order valence-electron chi connectivity index (χ2n) is 16.0. The molecule has 0 saturated carbocycles. The topological polar surface area (TPSA) is 30.8 Å². The van der Waals surface area contributed by atoms with E-state index in [0.717, 1.165) is 51.5 Å². The van der Waals surface area contributed by atoms with Crippen molar-refractivity contribution < 1.29 is 0 Å². The summed E-state index contributed by atoms with van der Waals surface area (Å²) in [5.41, 5.74) is 10.4. The minimum Gasteiger partial charge on any atom is -0.358 e. The van der Waals surface area contributed by atoms with Gasteiger partial charge >= 0.3 is 0 Å². The van der Waals surface area contributed by atoms with Crippen molar-refractivity contribution in [2.45, 2.75) is 90.9 Å². The molecule has 0 N–H and O–H groups in total. The molecule has 7 rings (SSSR count). The van der Waals surface area contributed by atoms with Crippen LogP contribution in [0.2, 0.25) is 0 Å². The first-order valence-corrected chi connectivity index (χ1v) is 20.7. The first-order valence-electron chi connectivity index (χ1n) is 20.7. The van der Waals surface area contributed by atoms with Gasteiger partial charge in [0.05, 0.1) is 24.7 Å². The number of benzene rings is 4. The molecule has 5 aromatic rings. The molecular weight excluding hydrogens is 673 g/mol. The summed E-state index contributed by atoms with van der Waals surface area (Å²) in [4.78, 5) is 14.8. The van der Waals surface area contributed by atoms with Gasteiger partial charge in [-0.15, -0.1) is 0 Å². The lowest BCUT2D eigenvalue weighted by atomic mass is 9.92. The van der Waals surface area contributed by atoms with Gasteiger partial charge in [-0.3, -0.25) is 4.57 Å². The first-order chi connectivity index (χ1) is 26.9. The molecule has 0 spiro atoms. The number of rotatable bonds is 18. The van der Waals surface area contributed by atoms with Gasteiger partial charge in [-0.25, -0.2) is 4.98 Å². The Balaban J connectivity index is 0.833. The SMILES string of the molecule is CC(C)c1cccc(C(C)C)c1-n1cc(CCCCCCc2ccc(N3C=CN(CCCCN4C=CN(c5ccccc5)C4)C3)cc2)nc1-c1ccccc1. The van der Waals surface area contributed by atoms with Crippen molar-refractivity contribution in [2.75, 3.05) is 36.2 Å². The molecule has 0 unspecified atom stereocenters. The van der Waals surface area contributed by atoms with Crippen LogP contribution in [-0.4, -0.2) is 45.8 Å². The second-order valence-corrected chi connectivity index (χ2v) is 16.0. The van der Waals surface area contributed by atoms with Crippen molar-refractivity contribution in [2.24, 2.45) is 0 Å². The highest BCUT2D eigenvalue weighted by atomic mass is 15.3. The summed E-state index contributed by atoms with van der Waals surface area (Å²) in [5, 5.41) is 0. The Hall–Kier alpha value is -5.23. The number of hydrogen-bond acceptors (Lipinski definition) is 5. The van der Waals surface area contributed by atoms with E-state index in [1.807, 2.05) is 0 Å². The molecule has 2 aliphatic heterocycles. The zero-order valence-corrected chi connectivity index (χ0v) is 33.5. The predicted octanol–water partition coefficient (Wildman–Crippen LogP) is 11.7. The Bertz CT molecular complexity index is 1970. The zero-order chi connectivity index (χ0) is 38.0. The zero-order valence-electron chi connectivity index (χ0n) is 33.5. The van der Waals surface area contributed by atoms with E-state index in [1.54, 1.807) is 0 Å². The van der Waals surface area contributed by atoms with Gasteiger partial charge in [0.15, 0.2) is 0 Å². The molecule has 1 aromatic heterocycles. The molecule has 0 fully saturated rings. The fraction of sp³-hybridized carbons (Fsp3) is 0.367. The monoisotopic (exact) mass is 732 g/mol. The second kappa shape index (κ2) is 18.4. The largest absolute Gasteiger partial charge is 0.358 e. The summed E-state index contributed by atoms with van der Waals surface area (Å²) in [6.45, 7) is 13.2. The number of anilines is 2. The maximum atomic E-state index is 5.26. The van der Waals surface area contributed by atoms with Gasteiger partial charge in [0.25, 0.3) is 0 Å². The molecule has 2 aliphatic rings. The molecule has 0 saturated heterocycles. The summed E-state index contributed by atoms with van der Waals surface area (Å²) in [6, 6.07) is 37.4. The number of nitrogens with zero attached hydrogens (tertiary/aromatic N) is 6. The van der Waals surface area contributed by atoms with E-state index in [0.29, 0.717) is 11.8 Å². The molecule has 0 radical (unpaired) electrons. The lowest BCUT2D eigenvalue weighted by molar-refractivity contribution is 0.354. The highest BCUT2D eigenvalue weighted by molar-refractivity contribution is 5.63. The van der Waals surface area contributed by atoms with Gasteiger partial charge in [0.1, 0.15) is 5.82 Å². The van der Waals surface area contributed by atoms with Crippen LogP contribution in [0.5, 0.6) is 0 Å². The average Bonchev–Trinajstić information content (AvgIpc) is 3.99. The molecule has 0 atom stereocenters. The Morgan fingerprint density at radius 2 is 1.07 bits per heavy atom. The molecule has 3 heterocycles. The van der Waals surface area contributed by atoms with Gasteiger partial charge in [0.2, 0.25) is 0 Å². The molecule has 0 bridgehead atoms. The van der Waals surface area contributed by atoms with Crippen molar-refractivity contribution in [3.8, 4) is 17.1 Å². The van der Waals surface area contributed by atoms with E-state index in [-0.39, 0.29) is 0 Å². The standard InChI is InChI=1S/C49H60N6/c1-39(2)46-24-17-25-47(40(3)4)48(46)55-36-43(50-49(55)42-19-10-7-11-20-42)21-12-6-5-9-18-41-26-28-45(29-27-41)54-35-33-52(38-54)31-16-15-30-51-32-34-53(37-51)44-22-13-8-14-23-44/h7-8,10-11,13-14,17,19-20,22-29,32-36,39-40H,5-6,9,12,15-16,18,21,30-31,37-38H2,1-4H3. The van der Waals surface area contributed by atoms with Gasteiger partial charge in [0, 0.05) is 61.0 Å². The third-order valence-corrected chi connectivity index (χ3v) is 11.1. The Morgan fingerprint density at radius 1 is 0.527 bits per heavy atom. The quantitative estimate of drug-likeness (QED) is 0.0837. The highest BCUT2D eigenvalue weighted by Crippen LogP contribution is 2.35. The molecule has 0 aliphatic carbocycles. The van der Waals surface area contributed by atoms with Gasteiger partial charge in [-0.1, -0.05) is 119 Å². The molecule has 55 heavy (non-hydrogen) atoms. The summed E-state index contributed by atoms with van der Waals surface area (Å²) in [7, 11) is 0. The van der Waals surface area contributed by atoms with Crippen LogP contribution in [0.3, 0.4) is 0 Å². The fourth-order valence-electron chi connectivity index (χ4n) is 7.95. The van der Waals surface area contributed by atoms with Crippen LogP contribution in [-0.2, 0) is 12.8 Å². The van der Waals surface area contributed by atoms with Crippen molar-refractivity contribution >= 4 is 11.4 Å². The van der Waals surface area contributed by atoms with Crippen LogP contribution < -0.4 is 9.80 Å². The lowest BCUT2D eigenvalue weighted by Gasteiger charge is -2.23. The number of imidazole rings is 1. The van der Waals surface area contributed by atoms with Crippen LogP contribution in [0.1, 0.15) is 100 Å². The number of unbranched alkanes of at least 4 members (excludes halogenated alkanes) is 4. The Labute approximate surface area is 330 Å². The minimum absolute atomic E-state index is 0.429. The normalized spacial score (nSPS) is 14.1. The van der Waals surface area contributed by atoms with E-state index in [4.69, 9.17) is 4.98 Å². The maximum Gasteiger partial charge on any atom is 0.144 e. The number of para-hydroxylation sites is 2. The smallest absolute Gasteiger partial charge is 0.144 e. The molecule has 286 valence electrons. The lowest BCUT2D eigenvalue weighted by Crippen LogP contribution is -2.27. The summed E-state index contributed by atoms with van der Waals surface area (Å²) >= 11 is 0. The molecule has 0 amide bonds. The van der Waals surface area contributed by atoms with Crippen LogP contribution in [0.4, 0.5) is 11.4 Å². The number of hydrogen-bond donors (Lipinski definition) is 0. The average molecular weight is 733 g/mol. The Morgan fingerprint density at radius 3 is 1.65 bits per heavy atom. The van der Waals surface area contributed by atoms with Crippen LogP contribution in [0.25, 0.3) is 17.1 Å². The highest BCUT2D eigenvalue weighted by Gasteiger charge is 2.21. The van der Waals surface area contributed by atoms with E-state index < -0.39 is 0 Å². The van der Waals surface area contributed by atoms with Crippen molar-refractivity contribution in [3.05, 3.63) is 157 Å².